The number of carbonyl (C=O) groups excluding carboxylic acids is 1. The summed E-state index contributed by atoms with van der Waals surface area (Å²) in [6.45, 7) is 2.07. The summed E-state index contributed by atoms with van der Waals surface area (Å²) in [5.74, 6) is -0.124. The van der Waals surface area contributed by atoms with Gasteiger partial charge >= 0.3 is 0 Å². The molecule has 18 heavy (non-hydrogen) atoms. The van der Waals surface area contributed by atoms with E-state index in [0.717, 1.165) is 5.56 Å². The standard InChI is InChI=1S/C12H14ClNO3S/c1-2-18(16,17)14-6-5-9-7-10(12(15)8-13)3-4-11(9)14/h3-4,7H,2,5-6,8H2,1H3. The number of hydrogen-bond acceptors (Lipinski definition) is 3. The number of fused-ring (bicyclic) bond motifs is 1. The quantitative estimate of drug-likeness (QED) is 0.627. The second-order valence-electron chi connectivity index (χ2n) is 4.12. The topological polar surface area (TPSA) is 54.5 Å². The Balaban J connectivity index is 2.40. The van der Waals surface area contributed by atoms with E-state index >= 15 is 0 Å². The second kappa shape index (κ2) is 4.90. The molecule has 1 aliphatic heterocycles. The van der Waals surface area contributed by atoms with Crippen molar-refractivity contribution in [2.24, 2.45) is 0 Å². The summed E-state index contributed by atoms with van der Waals surface area (Å²) in [5, 5.41) is 0. The summed E-state index contributed by atoms with van der Waals surface area (Å²) >= 11 is 5.51. The molecule has 0 amide bonds. The predicted molar refractivity (Wildman–Crippen MR) is 72.0 cm³/mol. The van der Waals surface area contributed by atoms with Crippen LogP contribution in [0.25, 0.3) is 0 Å². The Kier molecular flexibility index (Phi) is 3.64. The van der Waals surface area contributed by atoms with Crippen LogP contribution in [0.2, 0.25) is 0 Å². The van der Waals surface area contributed by atoms with Crippen molar-refractivity contribution in [3.05, 3.63) is 29.3 Å². The van der Waals surface area contributed by atoms with Crippen molar-refractivity contribution in [1.29, 1.82) is 0 Å². The maximum atomic E-state index is 11.9. The lowest BCUT2D eigenvalue weighted by Crippen LogP contribution is -2.30. The zero-order chi connectivity index (χ0) is 13.3. The normalized spacial score (nSPS) is 14.7. The smallest absolute Gasteiger partial charge is 0.234 e. The molecule has 0 bridgehead atoms. The summed E-state index contributed by atoms with van der Waals surface area (Å²) in [7, 11) is -3.23. The van der Waals surface area contributed by atoms with E-state index in [4.69, 9.17) is 11.6 Å². The highest BCUT2D eigenvalue weighted by molar-refractivity contribution is 7.92. The van der Waals surface area contributed by atoms with Gasteiger partial charge in [0.15, 0.2) is 5.78 Å². The maximum absolute atomic E-state index is 11.9. The van der Waals surface area contributed by atoms with E-state index in [1.165, 1.54) is 4.31 Å². The van der Waals surface area contributed by atoms with E-state index in [0.29, 0.717) is 24.2 Å². The number of anilines is 1. The van der Waals surface area contributed by atoms with Gasteiger partial charge in [-0.2, -0.15) is 0 Å². The summed E-state index contributed by atoms with van der Waals surface area (Å²) in [6.07, 6.45) is 0.637. The zero-order valence-corrected chi connectivity index (χ0v) is 11.6. The molecule has 1 heterocycles. The maximum Gasteiger partial charge on any atom is 0.234 e. The van der Waals surface area contributed by atoms with E-state index in [1.807, 2.05) is 0 Å². The predicted octanol–water partition coefficient (Wildman–Crippen LogP) is 1.82. The molecule has 1 aromatic rings. The molecule has 0 N–H and O–H groups in total. The molecule has 4 nitrogen and oxygen atoms in total. The number of nitrogens with zero attached hydrogens (tertiary/aromatic N) is 1. The van der Waals surface area contributed by atoms with Crippen molar-refractivity contribution >= 4 is 33.1 Å². The number of alkyl halides is 1. The van der Waals surface area contributed by atoms with Crippen LogP contribution < -0.4 is 4.31 Å². The van der Waals surface area contributed by atoms with Crippen LogP contribution in [-0.4, -0.2) is 32.4 Å². The van der Waals surface area contributed by atoms with E-state index in [-0.39, 0.29) is 17.4 Å². The number of hydrogen-bond donors (Lipinski definition) is 0. The molecule has 0 radical (unpaired) electrons. The molecule has 6 heteroatoms. The number of halogens is 1. The van der Waals surface area contributed by atoms with Crippen molar-refractivity contribution in [3.8, 4) is 0 Å². The summed E-state index contributed by atoms with van der Waals surface area (Å²) in [5.41, 5.74) is 2.12. The SMILES string of the molecule is CCS(=O)(=O)N1CCc2cc(C(=O)CCl)ccc21. The Morgan fingerprint density at radius 2 is 2.17 bits per heavy atom. The van der Waals surface area contributed by atoms with Crippen LogP contribution >= 0.6 is 11.6 Å². The second-order valence-corrected chi connectivity index (χ2v) is 6.57. The van der Waals surface area contributed by atoms with Gasteiger partial charge in [0.25, 0.3) is 0 Å². The monoisotopic (exact) mass is 287 g/mol. The lowest BCUT2D eigenvalue weighted by atomic mass is 10.1. The zero-order valence-electron chi connectivity index (χ0n) is 10.0. The van der Waals surface area contributed by atoms with E-state index < -0.39 is 10.0 Å². The Morgan fingerprint density at radius 3 is 2.78 bits per heavy atom. The molecule has 0 saturated heterocycles. The van der Waals surface area contributed by atoms with Crippen molar-refractivity contribution in [2.45, 2.75) is 13.3 Å². The first kappa shape index (κ1) is 13.4. The summed E-state index contributed by atoms with van der Waals surface area (Å²) < 4.78 is 25.2. The minimum atomic E-state index is -3.23. The van der Waals surface area contributed by atoms with Crippen molar-refractivity contribution in [3.63, 3.8) is 0 Å². The molecular formula is C12H14ClNO3S. The fourth-order valence-corrected chi connectivity index (χ4v) is 3.38. The lowest BCUT2D eigenvalue weighted by molar-refractivity contribution is 0.102. The number of rotatable bonds is 4. The third-order valence-corrected chi connectivity index (χ3v) is 5.10. The van der Waals surface area contributed by atoms with Gasteiger partial charge in [-0.25, -0.2) is 8.42 Å². The van der Waals surface area contributed by atoms with Crippen molar-refractivity contribution < 1.29 is 13.2 Å². The van der Waals surface area contributed by atoms with Crippen LogP contribution in [-0.2, 0) is 16.4 Å². The molecule has 98 valence electrons. The molecule has 1 aliphatic rings. The molecule has 0 unspecified atom stereocenters. The van der Waals surface area contributed by atoms with E-state index in [1.54, 1.807) is 25.1 Å². The van der Waals surface area contributed by atoms with Crippen molar-refractivity contribution in [2.75, 3.05) is 22.5 Å². The summed E-state index contributed by atoms with van der Waals surface area (Å²) in [4.78, 5) is 11.5. The highest BCUT2D eigenvalue weighted by Crippen LogP contribution is 2.31. The van der Waals surface area contributed by atoms with Gasteiger partial charge in [0.1, 0.15) is 0 Å². The van der Waals surface area contributed by atoms with Crippen LogP contribution in [0.1, 0.15) is 22.8 Å². The van der Waals surface area contributed by atoms with Crippen LogP contribution in [0, 0.1) is 0 Å². The molecule has 0 aliphatic carbocycles. The Labute approximate surface area is 112 Å². The highest BCUT2D eigenvalue weighted by Gasteiger charge is 2.28. The minimum Gasteiger partial charge on any atom is -0.293 e. The first-order valence-electron chi connectivity index (χ1n) is 5.72. The third kappa shape index (κ3) is 2.24. The molecule has 0 aromatic heterocycles. The molecule has 0 atom stereocenters. The number of carbonyl (C=O) groups is 1. The van der Waals surface area contributed by atoms with E-state index in [9.17, 15) is 13.2 Å². The lowest BCUT2D eigenvalue weighted by Gasteiger charge is -2.18. The van der Waals surface area contributed by atoms with Crippen LogP contribution in [0.15, 0.2) is 18.2 Å². The molecule has 1 aromatic carbocycles. The summed E-state index contributed by atoms with van der Waals surface area (Å²) in [6, 6.07) is 5.06. The fraction of sp³-hybridized carbons (Fsp3) is 0.417. The molecule has 2 rings (SSSR count). The molecule has 0 fully saturated rings. The Bertz CT molecular complexity index is 583. The van der Waals surface area contributed by atoms with Gasteiger partial charge in [-0.1, -0.05) is 0 Å². The van der Waals surface area contributed by atoms with Crippen molar-refractivity contribution in [1.82, 2.24) is 0 Å². The van der Waals surface area contributed by atoms with Gasteiger partial charge in [0, 0.05) is 12.1 Å². The third-order valence-electron chi connectivity index (χ3n) is 3.08. The molecule has 0 saturated carbocycles. The number of ketones is 1. The van der Waals surface area contributed by atoms with Gasteiger partial charge < -0.3 is 0 Å². The van der Waals surface area contributed by atoms with Gasteiger partial charge in [-0.3, -0.25) is 9.10 Å². The van der Waals surface area contributed by atoms with E-state index in [2.05, 4.69) is 0 Å². The fourth-order valence-electron chi connectivity index (χ4n) is 2.07. The molecular weight excluding hydrogens is 274 g/mol. The number of benzene rings is 1. The first-order chi connectivity index (χ1) is 8.49. The molecule has 0 spiro atoms. The Morgan fingerprint density at radius 1 is 1.44 bits per heavy atom. The number of Topliss-reactive ketones (excluding diaryl/α,β-unsaturated/α-hetero) is 1. The largest absolute Gasteiger partial charge is 0.293 e. The van der Waals surface area contributed by atoms with Gasteiger partial charge in [0.05, 0.1) is 17.3 Å². The van der Waals surface area contributed by atoms with Crippen LogP contribution in [0.3, 0.4) is 0 Å². The van der Waals surface area contributed by atoms with Gasteiger partial charge in [-0.05, 0) is 37.1 Å². The first-order valence-corrected chi connectivity index (χ1v) is 7.86. The highest BCUT2D eigenvalue weighted by atomic mass is 35.5. The minimum absolute atomic E-state index is 0.0598. The average Bonchev–Trinajstić information content (AvgIpc) is 2.81. The Hall–Kier alpha value is -1.07. The average molecular weight is 288 g/mol. The van der Waals surface area contributed by atoms with Crippen LogP contribution in [0.5, 0.6) is 0 Å². The number of sulfonamides is 1. The van der Waals surface area contributed by atoms with Crippen LogP contribution in [0.4, 0.5) is 5.69 Å². The van der Waals surface area contributed by atoms with Gasteiger partial charge in [-0.15, -0.1) is 11.6 Å². The van der Waals surface area contributed by atoms with Gasteiger partial charge in [0.2, 0.25) is 10.0 Å².